The van der Waals surface area contributed by atoms with E-state index in [1.54, 1.807) is 30.3 Å². The Kier molecular flexibility index (Phi) is 9.19. The van der Waals surface area contributed by atoms with Gasteiger partial charge in [0.15, 0.2) is 11.5 Å². The topological polar surface area (TPSA) is 89.0 Å². The van der Waals surface area contributed by atoms with Gasteiger partial charge in [-0.05, 0) is 65.2 Å². The smallest absolute Gasteiger partial charge is 0.249 e. The van der Waals surface area contributed by atoms with Crippen LogP contribution < -0.4 is 20.2 Å². The van der Waals surface area contributed by atoms with Crippen molar-refractivity contribution in [3.8, 4) is 11.5 Å². The van der Waals surface area contributed by atoms with Crippen molar-refractivity contribution >= 4 is 57.7 Å². The quantitative estimate of drug-likeness (QED) is 0.132. The van der Waals surface area contributed by atoms with Crippen LogP contribution in [0, 0.1) is 0 Å². The zero-order valence-electron chi connectivity index (χ0n) is 20.5. The van der Waals surface area contributed by atoms with Crippen LogP contribution >= 0.6 is 23.2 Å². The number of hydrogen-bond acceptors (Lipinski definition) is 5. The number of hydrogen-bond donors (Lipinski definition) is 2. The lowest BCUT2D eigenvalue weighted by Gasteiger charge is -2.13. The lowest BCUT2D eigenvalue weighted by atomic mass is 10.1. The van der Waals surface area contributed by atoms with E-state index in [-0.39, 0.29) is 0 Å². The Morgan fingerprint density at radius 1 is 0.868 bits per heavy atom. The van der Waals surface area contributed by atoms with Crippen LogP contribution in [0.2, 0.25) is 10.0 Å². The SMILES string of the molecule is CCOc1cc(/C=N\NC(=O)CC(=O)Nc2ccc(Cl)c(Cl)c2)ccc1OCc1cccc2ccccc12. The van der Waals surface area contributed by atoms with Gasteiger partial charge in [0.25, 0.3) is 0 Å². The van der Waals surface area contributed by atoms with Crippen molar-refractivity contribution in [1.29, 1.82) is 0 Å². The molecule has 0 unspecified atom stereocenters. The molecule has 0 spiro atoms. The largest absolute Gasteiger partial charge is 0.490 e. The van der Waals surface area contributed by atoms with E-state index in [0.717, 1.165) is 16.3 Å². The van der Waals surface area contributed by atoms with Crippen LogP contribution in [0.5, 0.6) is 11.5 Å². The molecule has 0 aliphatic rings. The van der Waals surface area contributed by atoms with Gasteiger partial charge in [-0.2, -0.15) is 5.10 Å². The fourth-order valence-corrected chi connectivity index (χ4v) is 4.01. The van der Waals surface area contributed by atoms with E-state index in [1.807, 2.05) is 31.2 Å². The molecule has 4 aromatic carbocycles. The molecule has 2 amide bonds. The van der Waals surface area contributed by atoms with Gasteiger partial charge in [-0.1, -0.05) is 65.7 Å². The first kappa shape index (κ1) is 27.0. The van der Waals surface area contributed by atoms with Crippen LogP contribution in [0.25, 0.3) is 10.8 Å². The molecule has 0 atom stereocenters. The lowest BCUT2D eigenvalue weighted by molar-refractivity contribution is -0.126. The summed E-state index contributed by atoms with van der Waals surface area (Å²) in [5.74, 6) is 0.0743. The van der Waals surface area contributed by atoms with E-state index in [2.05, 4.69) is 34.0 Å². The number of carbonyl (C=O) groups excluding carboxylic acids is 2. The number of anilines is 1. The average molecular weight is 550 g/mol. The van der Waals surface area contributed by atoms with Crippen LogP contribution in [0.4, 0.5) is 5.69 Å². The Labute approximate surface area is 230 Å². The Morgan fingerprint density at radius 2 is 1.68 bits per heavy atom. The van der Waals surface area contributed by atoms with Gasteiger partial charge in [-0.3, -0.25) is 9.59 Å². The zero-order valence-corrected chi connectivity index (χ0v) is 22.1. The molecule has 4 rings (SSSR count). The van der Waals surface area contributed by atoms with Gasteiger partial charge in [-0.15, -0.1) is 0 Å². The fraction of sp³-hybridized carbons (Fsp3) is 0.138. The average Bonchev–Trinajstić information content (AvgIpc) is 2.90. The van der Waals surface area contributed by atoms with Crippen LogP contribution in [0.15, 0.2) is 84.0 Å². The van der Waals surface area contributed by atoms with Gasteiger partial charge in [0.2, 0.25) is 11.8 Å². The van der Waals surface area contributed by atoms with E-state index in [1.165, 1.54) is 12.3 Å². The molecule has 0 aromatic heterocycles. The maximum Gasteiger partial charge on any atom is 0.249 e. The van der Waals surface area contributed by atoms with Crippen molar-refractivity contribution < 1.29 is 19.1 Å². The molecule has 0 saturated carbocycles. The maximum atomic E-state index is 12.1. The first-order valence-corrected chi connectivity index (χ1v) is 12.6. The van der Waals surface area contributed by atoms with Crippen molar-refractivity contribution in [3.63, 3.8) is 0 Å². The minimum atomic E-state index is -0.570. The predicted octanol–water partition coefficient (Wildman–Crippen LogP) is 6.60. The summed E-state index contributed by atoms with van der Waals surface area (Å²) in [7, 11) is 0. The summed E-state index contributed by atoms with van der Waals surface area (Å²) < 4.78 is 11.9. The van der Waals surface area contributed by atoms with E-state index >= 15 is 0 Å². The van der Waals surface area contributed by atoms with Crippen LogP contribution in [0.3, 0.4) is 0 Å². The standard InChI is InChI=1S/C29H25Cl2N3O4/c1-2-37-27-14-19(10-13-26(27)38-18-21-8-5-7-20-6-3-4-9-23(20)21)17-32-34-29(36)16-28(35)33-22-11-12-24(30)25(31)15-22/h3-15,17H,2,16,18H2,1H3,(H,33,35)(H,34,36)/b32-17-. The molecule has 0 radical (unpaired) electrons. The summed E-state index contributed by atoms with van der Waals surface area (Å²) in [5, 5.41) is 9.49. The predicted molar refractivity (Wildman–Crippen MR) is 151 cm³/mol. The summed E-state index contributed by atoms with van der Waals surface area (Å²) >= 11 is 11.8. The Morgan fingerprint density at radius 3 is 2.50 bits per heavy atom. The highest BCUT2D eigenvalue weighted by Gasteiger charge is 2.11. The van der Waals surface area contributed by atoms with Gasteiger partial charge >= 0.3 is 0 Å². The molecule has 7 nitrogen and oxygen atoms in total. The van der Waals surface area contributed by atoms with E-state index < -0.39 is 18.2 Å². The molecule has 9 heteroatoms. The molecule has 0 heterocycles. The minimum Gasteiger partial charge on any atom is -0.490 e. The summed E-state index contributed by atoms with van der Waals surface area (Å²) in [5.41, 5.74) is 4.54. The number of hydrazone groups is 1. The normalized spacial score (nSPS) is 10.9. The van der Waals surface area contributed by atoms with Crippen molar-refractivity contribution in [3.05, 3.63) is 100 Å². The van der Waals surface area contributed by atoms with Crippen molar-refractivity contribution in [2.75, 3.05) is 11.9 Å². The van der Waals surface area contributed by atoms with Gasteiger partial charge < -0.3 is 14.8 Å². The highest BCUT2D eigenvalue weighted by atomic mass is 35.5. The highest BCUT2D eigenvalue weighted by molar-refractivity contribution is 6.42. The molecule has 0 aliphatic heterocycles. The van der Waals surface area contributed by atoms with Gasteiger partial charge in [0.1, 0.15) is 13.0 Å². The van der Waals surface area contributed by atoms with Crippen molar-refractivity contribution in [2.24, 2.45) is 5.10 Å². The summed E-state index contributed by atoms with van der Waals surface area (Å²) in [4.78, 5) is 24.2. The van der Waals surface area contributed by atoms with Crippen LogP contribution in [0.1, 0.15) is 24.5 Å². The highest BCUT2D eigenvalue weighted by Crippen LogP contribution is 2.30. The third-order valence-electron chi connectivity index (χ3n) is 5.46. The molecule has 0 aliphatic carbocycles. The Bertz CT molecular complexity index is 1480. The number of carbonyl (C=O) groups is 2. The lowest BCUT2D eigenvalue weighted by Crippen LogP contribution is -2.24. The van der Waals surface area contributed by atoms with E-state index in [9.17, 15) is 9.59 Å². The second-order valence-corrected chi connectivity index (χ2v) is 9.03. The molecular weight excluding hydrogens is 525 g/mol. The third kappa shape index (κ3) is 7.25. The number of halogens is 2. The number of benzene rings is 4. The second-order valence-electron chi connectivity index (χ2n) is 8.21. The van der Waals surface area contributed by atoms with Crippen LogP contribution in [-0.4, -0.2) is 24.6 Å². The minimum absolute atomic E-state index is 0.301. The molecule has 0 saturated heterocycles. The first-order valence-electron chi connectivity index (χ1n) is 11.9. The zero-order chi connectivity index (χ0) is 26.9. The van der Waals surface area contributed by atoms with E-state index in [0.29, 0.717) is 46.0 Å². The number of fused-ring (bicyclic) bond motifs is 1. The first-order chi connectivity index (χ1) is 18.4. The number of nitrogens with one attached hydrogen (secondary N) is 2. The molecule has 0 fully saturated rings. The van der Waals surface area contributed by atoms with Crippen molar-refractivity contribution in [2.45, 2.75) is 20.0 Å². The third-order valence-corrected chi connectivity index (χ3v) is 6.20. The summed E-state index contributed by atoms with van der Waals surface area (Å²) in [6, 6.07) is 24.3. The molecular formula is C29H25Cl2N3O4. The molecule has 38 heavy (non-hydrogen) atoms. The maximum absolute atomic E-state index is 12.1. The monoisotopic (exact) mass is 549 g/mol. The molecule has 0 bridgehead atoms. The molecule has 194 valence electrons. The molecule has 4 aromatic rings. The molecule has 2 N–H and O–H groups in total. The summed E-state index contributed by atoms with van der Waals surface area (Å²) in [6.45, 7) is 2.73. The number of ether oxygens (including phenoxy) is 2. The Balaban J connectivity index is 1.34. The second kappa shape index (κ2) is 12.9. The number of nitrogens with zero attached hydrogens (tertiary/aromatic N) is 1. The number of rotatable bonds is 10. The number of amides is 2. The van der Waals surface area contributed by atoms with Gasteiger partial charge in [0, 0.05) is 5.69 Å². The Hall–Kier alpha value is -4.07. The van der Waals surface area contributed by atoms with Gasteiger partial charge in [-0.25, -0.2) is 5.43 Å². The van der Waals surface area contributed by atoms with Crippen LogP contribution in [-0.2, 0) is 16.2 Å². The van der Waals surface area contributed by atoms with Crippen molar-refractivity contribution in [1.82, 2.24) is 5.43 Å². The summed E-state index contributed by atoms with van der Waals surface area (Å²) in [6.07, 6.45) is 1.05. The van der Waals surface area contributed by atoms with E-state index in [4.69, 9.17) is 32.7 Å². The fourth-order valence-electron chi connectivity index (χ4n) is 3.71. The van der Waals surface area contributed by atoms with Gasteiger partial charge in [0.05, 0.1) is 22.9 Å².